The average molecular weight is 504 g/mol. The van der Waals surface area contributed by atoms with Gasteiger partial charge in [0, 0.05) is 30.0 Å². The molecule has 0 aliphatic carbocycles. The number of hydrogen-bond acceptors (Lipinski definition) is 3. The molecule has 3 aromatic carbocycles. The summed E-state index contributed by atoms with van der Waals surface area (Å²) in [6.45, 7) is 0.528. The van der Waals surface area contributed by atoms with E-state index in [1.165, 1.54) is 6.07 Å². The molecule has 5 rings (SSSR count). The molecular formula is C29H21ClF3N3. The van der Waals surface area contributed by atoms with E-state index in [9.17, 15) is 13.2 Å². The summed E-state index contributed by atoms with van der Waals surface area (Å²) in [5.74, 6) is 0. The van der Waals surface area contributed by atoms with Gasteiger partial charge in [-0.3, -0.25) is 4.98 Å². The van der Waals surface area contributed by atoms with E-state index in [1.54, 1.807) is 24.5 Å². The summed E-state index contributed by atoms with van der Waals surface area (Å²) < 4.78 is 41.4. The third-order valence-corrected chi connectivity index (χ3v) is 6.18. The van der Waals surface area contributed by atoms with Crippen LogP contribution in [-0.2, 0) is 19.1 Å². The number of aromatic nitrogens is 2. The van der Waals surface area contributed by atoms with Gasteiger partial charge < -0.3 is 5.32 Å². The molecule has 1 N–H and O–H groups in total. The van der Waals surface area contributed by atoms with Gasteiger partial charge in [-0.15, -0.1) is 0 Å². The second-order valence-corrected chi connectivity index (χ2v) is 8.83. The molecule has 0 amide bonds. The fourth-order valence-electron chi connectivity index (χ4n) is 4.28. The molecule has 0 bridgehead atoms. The maximum absolute atomic E-state index is 13.8. The van der Waals surface area contributed by atoms with Gasteiger partial charge in [0.2, 0.25) is 0 Å². The molecule has 7 heteroatoms. The number of pyridine rings is 2. The first-order valence-electron chi connectivity index (χ1n) is 11.3. The number of alkyl halides is 3. The smallest absolute Gasteiger partial charge is 0.381 e. The van der Waals surface area contributed by atoms with Crippen LogP contribution in [0.2, 0.25) is 5.15 Å². The number of rotatable bonds is 6. The number of para-hydroxylation sites is 1. The normalized spacial score (nSPS) is 11.6. The quantitative estimate of drug-likeness (QED) is 0.237. The van der Waals surface area contributed by atoms with E-state index < -0.39 is 11.7 Å². The van der Waals surface area contributed by atoms with Gasteiger partial charge in [0.05, 0.1) is 11.1 Å². The van der Waals surface area contributed by atoms with Gasteiger partial charge in [0.15, 0.2) is 0 Å². The first-order valence-corrected chi connectivity index (χ1v) is 11.7. The van der Waals surface area contributed by atoms with Crippen molar-refractivity contribution in [2.24, 2.45) is 0 Å². The van der Waals surface area contributed by atoms with Crippen molar-refractivity contribution >= 4 is 28.2 Å². The van der Waals surface area contributed by atoms with Crippen molar-refractivity contribution in [3.63, 3.8) is 0 Å². The Morgan fingerprint density at radius 2 is 1.58 bits per heavy atom. The first kappa shape index (κ1) is 23.8. The summed E-state index contributed by atoms with van der Waals surface area (Å²) in [6, 6.07) is 25.4. The molecule has 0 aliphatic rings. The van der Waals surface area contributed by atoms with E-state index in [1.807, 2.05) is 60.7 Å². The highest BCUT2D eigenvalue weighted by molar-refractivity contribution is 6.29. The summed E-state index contributed by atoms with van der Waals surface area (Å²) in [5.41, 5.74) is 4.46. The van der Waals surface area contributed by atoms with Crippen LogP contribution in [0.25, 0.3) is 22.0 Å². The molecule has 0 atom stereocenters. The third kappa shape index (κ3) is 5.19. The second-order valence-electron chi connectivity index (χ2n) is 8.44. The Hall–Kier alpha value is -3.90. The van der Waals surface area contributed by atoms with Crippen LogP contribution in [0.15, 0.2) is 97.3 Å². The topological polar surface area (TPSA) is 37.8 Å². The van der Waals surface area contributed by atoms with Crippen LogP contribution in [0.3, 0.4) is 0 Å². The zero-order valence-electron chi connectivity index (χ0n) is 19.1. The monoisotopic (exact) mass is 503 g/mol. The lowest BCUT2D eigenvalue weighted by Crippen LogP contribution is -2.07. The predicted octanol–water partition coefficient (Wildman–Crippen LogP) is 8.17. The molecule has 0 unspecified atom stereocenters. The van der Waals surface area contributed by atoms with Crippen LogP contribution < -0.4 is 5.32 Å². The predicted molar refractivity (Wildman–Crippen MR) is 138 cm³/mol. The number of nitrogens with zero attached hydrogens (tertiary/aromatic N) is 2. The zero-order chi connectivity index (χ0) is 25.1. The molecule has 0 fully saturated rings. The lowest BCUT2D eigenvalue weighted by atomic mass is 9.91. The highest BCUT2D eigenvalue weighted by Gasteiger charge is 2.33. The number of anilines is 1. The van der Waals surface area contributed by atoms with Gasteiger partial charge in [-0.25, -0.2) is 4.98 Å². The van der Waals surface area contributed by atoms with Crippen molar-refractivity contribution in [3.8, 4) is 11.1 Å². The third-order valence-electron chi connectivity index (χ3n) is 5.96. The molecular weight excluding hydrogens is 483 g/mol. The van der Waals surface area contributed by atoms with Crippen molar-refractivity contribution in [2.45, 2.75) is 19.1 Å². The molecule has 0 spiro atoms. The van der Waals surface area contributed by atoms with E-state index >= 15 is 0 Å². The summed E-state index contributed by atoms with van der Waals surface area (Å²) in [4.78, 5) is 8.38. The minimum Gasteiger partial charge on any atom is -0.381 e. The Labute approximate surface area is 211 Å². The number of halogens is 4. The Morgan fingerprint density at radius 1 is 0.778 bits per heavy atom. The largest absolute Gasteiger partial charge is 0.418 e. The number of fused-ring (bicyclic) bond motifs is 1. The van der Waals surface area contributed by atoms with E-state index in [2.05, 4.69) is 15.3 Å². The van der Waals surface area contributed by atoms with Gasteiger partial charge in [-0.1, -0.05) is 72.3 Å². The number of benzene rings is 3. The molecule has 0 radical (unpaired) electrons. The Bertz CT molecular complexity index is 1500. The minimum atomic E-state index is -4.50. The molecule has 2 heterocycles. The fourth-order valence-corrected chi connectivity index (χ4v) is 4.40. The molecule has 0 saturated heterocycles. The molecule has 3 nitrogen and oxygen atoms in total. The SMILES string of the molecule is FC(F)(F)c1cccc2c(-c3cccc(NCc4ccc(Cl)nc4)c3)c(Cc3ccccc3)cnc12. The van der Waals surface area contributed by atoms with Crippen LogP contribution in [0.1, 0.15) is 22.3 Å². The van der Waals surface area contributed by atoms with E-state index in [-0.39, 0.29) is 5.52 Å². The molecule has 5 aromatic rings. The minimum absolute atomic E-state index is 0.0533. The summed E-state index contributed by atoms with van der Waals surface area (Å²) in [7, 11) is 0. The standard InChI is InChI=1S/C29H21ClF3N3/c30-26-13-12-20(17-35-26)16-34-23-9-4-8-21(15-23)27-22(14-19-6-2-1-3-7-19)18-36-28-24(27)10-5-11-25(28)29(31,32)33/h1-13,15,17-18,34H,14,16H2. The Morgan fingerprint density at radius 3 is 2.33 bits per heavy atom. The lowest BCUT2D eigenvalue weighted by molar-refractivity contribution is -0.136. The van der Waals surface area contributed by atoms with Crippen molar-refractivity contribution in [1.29, 1.82) is 0 Å². The van der Waals surface area contributed by atoms with E-state index in [0.717, 1.165) is 39.6 Å². The Balaban J connectivity index is 1.60. The first-order chi connectivity index (χ1) is 17.4. The van der Waals surface area contributed by atoms with Gasteiger partial charge in [-0.05, 0) is 58.5 Å². The van der Waals surface area contributed by atoms with Crippen LogP contribution >= 0.6 is 11.6 Å². The van der Waals surface area contributed by atoms with Crippen molar-refractivity contribution in [2.75, 3.05) is 5.32 Å². The van der Waals surface area contributed by atoms with Crippen molar-refractivity contribution < 1.29 is 13.2 Å². The lowest BCUT2D eigenvalue weighted by Gasteiger charge is -2.17. The fraction of sp³-hybridized carbons (Fsp3) is 0.103. The van der Waals surface area contributed by atoms with Crippen molar-refractivity contribution in [1.82, 2.24) is 9.97 Å². The maximum atomic E-state index is 13.8. The summed E-state index contributed by atoms with van der Waals surface area (Å²) in [6.07, 6.45) is -0.685. The van der Waals surface area contributed by atoms with E-state index in [0.29, 0.717) is 23.5 Å². The van der Waals surface area contributed by atoms with Crippen molar-refractivity contribution in [3.05, 3.63) is 125 Å². The second kappa shape index (κ2) is 9.99. The molecule has 36 heavy (non-hydrogen) atoms. The maximum Gasteiger partial charge on any atom is 0.418 e. The van der Waals surface area contributed by atoms with Crippen LogP contribution in [0.4, 0.5) is 18.9 Å². The Kier molecular flexibility index (Phi) is 6.61. The number of hydrogen-bond donors (Lipinski definition) is 1. The summed E-state index contributed by atoms with van der Waals surface area (Å²) in [5, 5.41) is 4.26. The van der Waals surface area contributed by atoms with Gasteiger partial charge in [0.1, 0.15) is 5.15 Å². The molecule has 0 saturated carbocycles. The van der Waals surface area contributed by atoms with Crippen LogP contribution in [0.5, 0.6) is 0 Å². The van der Waals surface area contributed by atoms with Gasteiger partial charge in [0.25, 0.3) is 0 Å². The zero-order valence-corrected chi connectivity index (χ0v) is 19.8. The highest BCUT2D eigenvalue weighted by atomic mass is 35.5. The van der Waals surface area contributed by atoms with Crippen LogP contribution in [0, 0.1) is 0 Å². The summed E-state index contributed by atoms with van der Waals surface area (Å²) >= 11 is 5.87. The molecule has 180 valence electrons. The highest BCUT2D eigenvalue weighted by Crippen LogP contribution is 2.39. The molecule has 2 aromatic heterocycles. The van der Waals surface area contributed by atoms with Crippen LogP contribution in [-0.4, -0.2) is 9.97 Å². The number of nitrogens with one attached hydrogen (secondary N) is 1. The van der Waals surface area contributed by atoms with Gasteiger partial charge >= 0.3 is 6.18 Å². The molecule has 0 aliphatic heterocycles. The van der Waals surface area contributed by atoms with E-state index in [4.69, 9.17) is 11.6 Å². The van der Waals surface area contributed by atoms with Gasteiger partial charge in [-0.2, -0.15) is 13.2 Å². The average Bonchev–Trinajstić information content (AvgIpc) is 2.88.